The van der Waals surface area contributed by atoms with Crippen LogP contribution in [-0.4, -0.2) is 20.2 Å². The summed E-state index contributed by atoms with van der Waals surface area (Å²) in [5.74, 6) is 0.721. The number of hydrogen-bond acceptors (Lipinski definition) is 4. The van der Waals surface area contributed by atoms with Gasteiger partial charge in [0.05, 0.1) is 11.1 Å². The lowest BCUT2D eigenvalue weighted by Crippen LogP contribution is -1.95. The van der Waals surface area contributed by atoms with Crippen LogP contribution in [0.3, 0.4) is 0 Å². The maximum Gasteiger partial charge on any atom is 0.184 e. The van der Waals surface area contributed by atoms with Crippen molar-refractivity contribution in [3.63, 3.8) is 0 Å². The van der Waals surface area contributed by atoms with Crippen molar-refractivity contribution in [1.29, 1.82) is 0 Å². The minimum absolute atomic E-state index is 0.548. The zero-order chi connectivity index (χ0) is 12.5. The molecule has 0 aliphatic carbocycles. The average Bonchev–Trinajstić information content (AvgIpc) is 2.81. The van der Waals surface area contributed by atoms with Gasteiger partial charge in [0.2, 0.25) is 0 Å². The fraction of sp³-hybridized carbons (Fsp3) is 0.154. The first-order valence-corrected chi connectivity index (χ1v) is 5.75. The lowest BCUT2D eigenvalue weighted by Gasteiger charge is -2.00. The third-order valence-corrected chi connectivity index (χ3v) is 2.91. The van der Waals surface area contributed by atoms with Gasteiger partial charge in [0.25, 0.3) is 0 Å². The molecule has 0 fully saturated rings. The van der Waals surface area contributed by atoms with E-state index in [1.54, 1.807) is 6.20 Å². The van der Waals surface area contributed by atoms with E-state index >= 15 is 0 Å². The van der Waals surface area contributed by atoms with Crippen LogP contribution in [0.4, 0.5) is 0 Å². The van der Waals surface area contributed by atoms with Crippen molar-refractivity contribution >= 4 is 11.0 Å². The van der Waals surface area contributed by atoms with Crippen LogP contribution in [0.15, 0.2) is 30.5 Å². The number of H-pyrrole nitrogens is 1. The highest BCUT2D eigenvalue weighted by atomic mass is 15.2. The van der Waals surface area contributed by atoms with E-state index < -0.39 is 0 Å². The molecule has 3 rings (SSSR count). The van der Waals surface area contributed by atoms with Gasteiger partial charge in [-0.25, -0.2) is 9.97 Å². The van der Waals surface area contributed by atoms with Crippen LogP contribution in [0, 0.1) is 6.92 Å². The Kier molecular flexibility index (Phi) is 2.53. The topological polar surface area (TPSA) is 80.5 Å². The molecular weight excluding hydrogens is 226 g/mol. The molecule has 2 aromatic heterocycles. The SMILES string of the molecule is Cc1ncc2c(-c3ccc(CN)cc3)[nH]nc2n1. The summed E-state index contributed by atoms with van der Waals surface area (Å²) in [6, 6.07) is 8.07. The molecule has 0 atom stereocenters. The van der Waals surface area contributed by atoms with E-state index in [1.165, 1.54) is 0 Å². The van der Waals surface area contributed by atoms with Crippen molar-refractivity contribution in [2.75, 3.05) is 0 Å². The largest absolute Gasteiger partial charge is 0.326 e. The van der Waals surface area contributed by atoms with E-state index in [0.29, 0.717) is 12.2 Å². The molecule has 1 aromatic carbocycles. The van der Waals surface area contributed by atoms with Crippen LogP contribution in [-0.2, 0) is 6.54 Å². The van der Waals surface area contributed by atoms with Gasteiger partial charge in [-0.2, -0.15) is 5.10 Å². The fourth-order valence-electron chi connectivity index (χ4n) is 1.92. The highest BCUT2D eigenvalue weighted by Crippen LogP contribution is 2.24. The molecule has 0 saturated heterocycles. The van der Waals surface area contributed by atoms with Crippen LogP contribution >= 0.6 is 0 Å². The van der Waals surface area contributed by atoms with Crippen LogP contribution < -0.4 is 5.73 Å². The predicted octanol–water partition coefficient (Wildman–Crippen LogP) is 1.79. The summed E-state index contributed by atoms with van der Waals surface area (Å²) in [4.78, 5) is 8.49. The van der Waals surface area contributed by atoms with Crippen molar-refractivity contribution in [3.8, 4) is 11.3 Å². The van der Waals surface area contributed by atoms with E-state index in [-0.39, 0.29) is 0 Å². The second-order valence-corrected chi connectivity index (χ2v) is 4.15. The Morgan fingerprint density at radius 2 is 2.00 bits per heavy atom. The molecule has 0 amide bonds. The van der Waals surface area contributed by atoms with Gasteiger partial charge in [-0.05, 0) is 12.5 Å². The third kappa shape index (κ3) is 1.74. The van der Waals surface area contributed by atoms with Crippen LogP contribution in [0.25, 0.3) is 22.3 Å². The van der Waals surface area contributed by atoms with Gasteiger partial charge in [0.15, 0.2) is 5.65 Å². The van der Waals surface area contributed by atoms with E-state index in [2.05, 4.69) is 20.2 Å². The molecule has 0 spiro atoms. The maximum absolute atomic E-state index is 5.59. The van der Waals surface area contributed by atoms with Crippen molar-refractivity contribution < 1.29 is 0 Å². The number of rotatable bonds is 2. The van der Waals surface area contributed by atoms with Crippen molar-refractivity contribution in [2.45, 2.75) is 13.5 Å². The number of nitrogens with one attached hydrogen (secondary N) is 1. The molecular formula is C13H13N5. The molecule has 2 heterocycles. The van der Waals surface area contributed by atoms with E-state index in [4.69, 9.17) is 5.73 Å². The quantitative estimate of drug-likeness (QED) is 0.714. The lowest BCUT2D eigenvalue weighted by molar-refractivity contribution is 1.05. The second-order valence-electron chi connectivity index (χ2n) is 4.15. The first kappa shape index (κ1) is 10.9. The minimum Gasteiger partial charge on any atom is -0.326 e. The first-order valence-electron chi connectivity index (χ1n) is 5.75. The minimum atomic E-state index is 0.548. The Morgan fingerprint density at radius 3 is 2.72 bits per heavy atom. The van der Waals surface area contributed by atoms with Gasteiger partial charge in [0.1, 0.15) is 5.82 Å². The smallest absolute Gasteiger partial charge is 0.184 e. The molecule has 18 heavy (non-hydrogen) atoms. The summed E-state index contributed by atoms with van der Waals surface area (Å²) in [5, 5.41) is 8.14. The Labute approximate surface area is 104 Å². The zero-order valence-corrected chi connectivity index (χ0v) is 10.0. The number of aromatic amines is 1. The first-order chi connectivity index (χ1) is 8.78. The molecule has 3 N–H and O–H groups in total. The van der Waals surface area contributed by atoms with Gasteiger partial charge >= 0.3 is 0 Å². The predicted molar refractivity (Wildman–Crippen MR) is 69.7 cm³/mol. The summed E-state index contributed by atoms with van der Waals surface area (Å²) in [6.45, 7) is 2.40. The van der Waals surface area contributed by atoms with Gasteiger partial charge in [-0.1, -0.05) is 24.3 Å². The molecule has 0 unspecified atom stereocenters. The third-order valence-electron chi connectivity index (χ3n) is 2.91. The van der Waals surface area contributed by atoms with E-state index in [0.717, 1.165) is 28.0 Å². The Morgan fingerprint density at radius 1 is 1.22 bits per heavy atom. The summed E-state index contributed by atoms with van der Waals surface area (Å²) < 4.78 is 0. The molecule has 0 saturated carbocycles. The fourth-order valence-corrected chi connectivity index (χ4v) is 1.92. The molecule has 90 valence electrons. The number of hydrogen-bond donors (Lipinski definition) is 2. The number of benzene rings is 1. The van der Waals surface area contributed by atoms with Gasteiger partial charge in [-0.3, -0.25) is 5.10 Å². The second kappa shape index (κ2) is 4.19. The maximum atomic E-state index is 5.59. The Hall–Kier alpha value is -2.27. The number of fused-ring (bicyclic) bond motifs is 1. The standard InChI is InChI=1S/C13H13N5/c1-8-15-7-11-12(17-18-13(11)16-8)10-4-2-9(6-14)3-5-10/h2-5,7H,6,14H2,1H3,(H,15,16,17,18). The van der Waals surface area contributed by atoms with Crippen LogP contribution in [0.2, 0.25) is 0 Å². The van der Waals surface area contributed by atoms with Crippen molar-refractivity contribution in [3.05, 3.63) is 41.9 Å². The summed E-state index contributed by atoms with van der Waals surface area (Å²) in [5.41, 5.74) is 9.38. The number of nitrogens with two attached hydrogens (primary N) is 1. The van der Waals surface area contributed by atoms with Crippen LogP contribution in [0.1, 0.15) is 11.4 Å². The lowest BCUT2D eigenvalue weighted by atomic mass is 10.1. The highest BCUT2D eigenvalue weighted by Gasteiger charge is 2.09. The Bertz CT molecular complexity index is 684. The number of nitrogens with zero attached hydrogens (tertiary/aromatic N) is 3. The number of aromatic nitrogens is 4. The molecule has 5 nitrogen and oxygen atoms in total. The average molecular weight is 239 g/mol. The van der Waals surface area contributed by atoms with Gasteiger partial charge in [0, 0.05) is 18.3 Å². The normalized spacial score (nSPS) is 11.0. The number of aryl methyl sites for hydroxylation is 1. The zero-order valence-electron chi connectivity index (χ0n) is 10.0. The summed E-state index contributed by atoms with van der Waals surface area (Å²) in [6.07, 6.45) is 1.80. The molecule has 0 radical (unpaired) electrons. The summed E-state index contributed by atoms with van der Waals surface area (Å²) >= 11 is 0. The molecule has 0 bridgehead atoms. The summed E-state index contributed by atoms with van der Waals surface area (Å²) in [7, 11) is 0. The Balaban J connectivity index is 2.13. The monoisotopic (exact) mass is 239 g/mol. The molecule has 5 heteroatoms. The molecule has 0 aliphatic rings. The van der Waals surface area contributed by atoms with E-state index in [9.17, 15) is 0 Å². The van der Waals surface area contributed by atoms with Gasteiger partial charge < -0.3 is 5.73 Å². The highest BCUT2D eigenvalue weighted by molar-refractivity contribution is 5.90. The molecule has 0 aliphatic heterocycles. The van der Waals surface area contributed by atoms with Gasteiger partial charge in [-0.15, -0.1) is 0 Å². The van der Waals surface area contributed by atoms with Crippen molar-refractivity contribution in [2.24, 2.45) is 5.73 Å². The van der Waals surface area contributed by atoms with Crippen molar-refractivity contribution in [1.82, 2.24) is 20.2 Å². The van der Waals surface area contributed by atoms with E-state index in [1.807, 2.05) is 31.2 Å². The van der Waals surface area contributed by atoms with Crippen LogP contribution in [0.5, 0.6) is 0 Å². The molecule has 3 aromatic rings.